The van der Waals surface area contributed by atoms with E-state index in [2.05, 4.69) is 19.9 Å². The number of nitrogens with one attached hydrogen (secondary N) is 2. The number of piperidine rings is 1. The van der Waals surface area contributed by atoms with Crippen LogP contribution in [0.15, 0.2) is 53.6 Å². The molecule has 1 atom stereocenters. The number of pyridine rings is 1. The van der Waals surface area contributed by atoms with E-state index in [0.717, 1.165) is 65.9 Å². The van der Waals surface area contributed by atoms with Crippen molar-refractivity contribution >= 4 is 10.9 Å². The lowest BCUT2D eigenvalue weighted by molar-refractivity contribution is 0.196. The van der Waals surface area contributed by atoms with Gasteiger partial charge in [-0.1, -0.05) is 0 Å². The predicted octanol–water partition coefficient (Wildman–Crippen LogP) is 4.14. The van der Waals surface area contributed by atoms with Crippen molar-refractivity contribution in [2.24, 2.45) is 0 Å². The Hall–Kier alpha value is -3.32. The maximum Gasteiger partial charge on any atom is 0.251 e. The molecule has 3 aromatic heterocycles. The quantitative estimate of drug-likeness (QED) is 0.523. The standard InChI is InChI=1S/C24H24FN5O/c1-15-19-11-18(25)4-5-20(19)27-22(15)14-30-10-2-3-17(13-30)21-12-23(31)29-24(28-21)16-6-8-26-9-7-16/h4-9,11-12,17,27H,2-3,10,13-14H2,1H3,(H,28,29,31)/t17-/m1/s1. The summed E-state index contributed by atoms with van der Waals surface area (Å²) in [5, 5.41) is 0.932. The van der Waals surface area contributed by atoms with Crippen LogP contribution in [0.2, 0.25) is 0 Å². The number of hydrogen-bond acceptors (Lipinski definition) is 4. The summed E-state index contributed by atoms with van der Waals surface area (Å²) in [6.45, 7) is 4.61. The fourth-order valence-corrected chi connectivity index (χ4v) is 4.51. The molecule has 1 saturated heterocycles. The fraction of sp³-hybridized carbons (Fsp3) is 0.292. The third-order valence-corrected chi connectivity index (χ3v) is 6.14. The Morgan fingerprint density at radius 1 is 1.16 bits per heavy atom. The Morgan fingerprint density at radius 2 is 2.00 bits per heavy atom. The first-order chi connectivity index (χ1) is 15.1. The van der Waals surface area contributed by atoms with Crippen LogP contribution in [-0.4, -0.2) is 37.9 Å². The van der Waals surface area contributed by atoms with Crippen molar-refractivity contribution in [1.29, 1.82) is 0 Å². The molecule has 0 unspecified atom stereocenters. The van der Waals surface area contributed by atoms with Gasteiger partial charge in [0.2, 0.25) is 0 Å². The number of hydrogen-bond donors (Lipinski definition) is 2. The average Bonchev–Trinajstić information content (AvgIpc) is 3.09. The topological polar surface area (TPSA) is 77.7 Å². The van der Waals surface area contributed by atoms with Gasteiger partial charge in [0.05, 0.1) is 5.69 Å². The molecule has 4 heterocycles. The number of nitrogens with zero attached hydrogens (tertiary/aromatic N) is 3. The molecule has 5 rings (SSSR count). The van der Waals surface area contributed by atoms with E-state index >= 15 is 0 Å². The summed E-state index contributed by atoms with van der Waals surface area (Å²) in [5.74, 6) is 0.554. The molecule has 31 heavy (non-hydrogen) atoms. The van der Waals surface area contributed by atoms with Crippen LogP contribution in [0, 0.1) is 12.7 Å². The molecule has 0 spiro atoms. The van der Waals surface area contributed by atoms with Crippen molar-refractivity contribution in [3.05, 3.63) is 81.9 Å². The summed E-state index contributed by atoms with van der Waals surface area (Å²) >= 11 is 0. The molecule has 0 amide bonds. The van der Waals surface area contributed by atoms with Crippen LogP contribution in [0.25, 0.3) is 22.3 Å². The van der Waals surface area contributed by atoms with E-state index in [1.807, 2.05) is 19.1 Å². The van der Waals surface area contributed by atoms with E-state index in [1.165, 1.54) is 6.07 Å². The number of likely N-dealkylation sites (tertiary alicyclic amines) is 1. The zero-order valence-electron chi connectivity index (χ0n) is 17.4. The third-order valence-electron chi connectivity index (χ3n) is 6.14. The van der Waals surface area contributed by atoms with Gasteiger partial charge in [0.25, 0.3) is 5.56 Å². The minimum atomic E-state index is -0.218. The van der Waals surface area contributed by atoms with Gasteiger partial charge in [-0.05, 0) is 62.2 Å². The summed E-state index contributed by atoms with van der Waals surface area (Å²) in [4.78, 5) is 29.8. The van der Waals surface area contributed by atoms with E-state index in [-0.39, 0.29) is 17.3 Å². The van der Waals surface area contributed by atoms with E-state index in [9.17, 15) is 9.18 Å². The molecule has 0 aliphatic carbocycles. The van der Waals surface area contributed by atoms with Crippen molar-refractivity contribution in [2.75, 3.05) is 13.1 Å². The molecule has 6 nitrogen and oxygen atoms in total. The monoisotopic (exact) mass is 417 g/mol. The molecular formula is C24H24FN5O. The lowest BCUT2D eigenvalue weighted by Gasteiger charge is -2.32. The van der Waals surface area contributed by atoms with Crippen LogP contribution in [-0.2, 0) is 6.54 Å². The van der Waals surface area contributed by atoms with Gasteiger partial charge >= 0.3 is 0 Å². The highest BCUT2D eigenvalue weighted by Gasteiger charge is 2.24. The smallest absolute Gasteiger partial charge is 0.251 e. The number of benzene rings is 1. The molecular weight excluding hydrogens is 393 g/mol. The Kier molecular flexibility index (Phi) is 5.11. The molecule has 2 N–H and O–H groups in total. The van der Waals surface area contributed by atoms with Crippen molar-refractivity contribution in [1.82, 2.24) is 24.8 Å². The number of rotatable bonds is 4. The molecule has 7 heteroatoms. The van der Waals surface area contributed by atoms with Gasteiger partial charge in [-0.25, -0.2) is 9.37 Å². The molecule has 0 saturated carbocycles. The molecule has 1 fully saturated rings. The largest absolute Gasteiger partial charge is 0.357 e. The van der Waals surface area contributed by atoms with Crippen LogP contribution in [0.4, 0.5) is 4.39 Å². The maximum atomic E-state index is 13.6. The van der Waals surface area contributed by atoms with Crippen LogP contribution in [0.5, 0.6) is 0 Å². The highest BCUT2D eigenvalue weighted by atomic mass is 19.1. The first kappa shape index (κ1) is 19.6. The van der Waals surface area contributed by atoms with Gasteiger partial charge in [-0.15, -0.1) is 0 Å². The maximum absolute atomic E-state index is 13.6. The summed E-state index contributed by atoms with van der Waals surface area (Å²) in [5.41, 5.74) is 4.70. The second kappa shape index (κ2) is 8.07. The van der Waals surface area contributed by atoms with Crippen molar-refractivity contribution in [3.63, 3.8) is 0 Å². The highest BCUT2D eigenvalue weighted by molar-refractivity contribution is 5.84. The minimum absolute atomic E-state index is 0.137. The predicted molar refractivity (Wildman–Crippen MR) is 118 cm³/mol. The molecule has 1 aliphatic heterocycles. The number of aromatic nitrogens is 4. The van der Waals surface area contributed by atoms with Gasteiger partial charge in [0.1, 0.15) is 11.6 Å². The van der Waals surface area contributed by atoms with E-state index in [1.54, 1.807) is 30.6 Å². The number of H-pyrrole nitrogens is 2. The van der Waals surface area contributed by atoms with Gasteiger partial charge in [0.15, 0.2) is 0 Å². The molecule has 4 aromatic rings. The lowest BCUT2D eigenvalue weighted by atomic mass is 9.94. The van der Waals surface area contributed by atoms with E-state index in [4.69, 9.17) is 4.98 Å². The number of halogens is 1. The van der Waals surface area contributed by atoms with Crippen molar-refractivity contribution < 1.29 is 4.39 Å². The van der Waals surface area contributed by atoms with Gasteiger partial charge in [0, 0.05) is 59.6 Å². The zero-order chi connectivity index (χ0) is 21.4. The SMILES string of the molecule is Cc1c(CN2CCC[C@@H](c3cc(=O)[nH]c(-c4ccncc4)n3)C2)[nH]c2ccc(F)cc12. The molecule has 0 radical (unpaired) electrons. The Bertz CT molecular complexity index is 1280. The summed E-state index contributed by atoms with van der Waals surface area (Å²) in [6, 6.07) is 10.2. The Balaban J connectivity index is 1.38. The van der Waals surface area contributed by atoms with Gasteiger partial charge in [-0.2, -0.15) is 0 Å². The third kappa shape index (κ3) is 4.01. The van der Waals surface area contributed by atoms with E-state index < -0.39 is 0 Å². The first-order valence-corrected chi connectivity index (χ1v) is 10.6. The minimum Gasteiger partial charge on any atom is -0.357 e. The van der Waals surface area contributed by atoms with Gasteiger partial charge < -0.3 is 9.97 Å². The summed E-state index contributed by atoms with van der Waals surface area (Å²) in [6.07, 6.45) is 5.43. The second-order valence-corrected chi connectivity index (χ2v) is 8.25. The second-order valence-electron chi connectivity index (χ2n) is 8.25. The Morgan fingerprint density at radius 3 is 2.84 bits per heavy atom. The van der Waals surface area contributed by atoms with Crippen molar-refractivity contribution in [3.8, 4) is 11.4 Å². The highest BCUT2D eigenvalue weighted by Crippen LogP contribution is 2.29. The average molecular weight is 417 g/mol. The number of aryl methyl sites for hydroxylation is 1. The lowest BCUT2D eigenvalue weighted by Crippen LogP contribution is -2.35. The van der Waals surface area contributed by atoms with Crippen molar-refractivity contribution in [2.45, 2.75) is 32.2 Å². The molecule has 0 bridgehead atoms. The van der Waals surface area contributed by atoms with Crippen LogP contribution >= 0.6 is 0 Å². The number of aromatic amines is 2. The summed E-state index contributed by atoms with van der Waals surface area (Å²) in [7, 11) is 0. The normalized spacial score (nSPS) is 17.3. The molecule has 158 valence electrons. The van der Waals surface area contributed by atoms with Crippen LogP contribution in [0.3, 0.4) is 0 Å². The summed E-state index contributed by atoms with van der Waals surface area (Å²) < 4.78 is 13.6. The van der Waals surface area contributed by atoms with Gasteiger partial charge in [-0.3, -0.25) is 14.7 Å². The zero-order valence-corrected chi connectivity index (χ0v) is 17.4. The van der Waals surface area contributed by atoms with Crippen LogP contribution in [0.1, 0.15) is 35.7 Å². The van der Waals surface area contributed by atoms with Crippen LogP contribution < -0.4 is 5.56 Å². The molecule has 1 aromatic carbocycles. The molecule has 1 aliphatic rings. The first-order valence-electron chi connectivity index (χ1n) is 10.6. The number of fused-ring (bicyclic) bond motifs is 1. The van der Waals surface area contributed by atoms with E-state index in [0.29, 0.717) is 5.82 Å². The Labute approximate surface area is 179 Å². The fourth-order valence-electron chi connectivity index (χ4n) is 4.51.